The summed E-state index contributed by atoms with van der Waals surface area (Å²) in [4.78, 5) is 20.5. The molecule has 1 fully saturated rings. The molecule has 3 rings (SSSR count). The van der Waals surface area contributed by atoms with Crippen molar-refractivity contribution < 1.29 is 4.79 Å². The maximum atomic E-state index is 12.3. The molecule has 2 atom stereocenters. The Balaban J connectivity index is 1.59. The topological polar surface area (TPSA) is 108 Å². The number of nitrogens with one attached hydrogen (secondary N) is 4. The van der Waals surface area contributed by atoms with Crippen molar-refractivity contribution in [2.75, 3.05) is 5.32 Å². The Bertz CT molecular complexity index is 640. The molecule has 0 saturated carbocycles. The lowest BCUT2D eigenvalue weighted by Gasteiger charge is -2.08. The molecule has 1 aliphatic rings. The van der Waals surface area contributed by atoms with Crippen molar-refractivity contribution in [2.45, 2.75) is 38.3 Å². The largest absolute Gasteiger partial charge is 0.292 e. The molecule has 3 heterocycles. The van der Waals surface area contributed by atoms with Gasteiger partial charge in [-0.15, -0.1) is 5.10 Å². The van der Waals surface area contributed by atoms with Crippen LogP contribution in [0.2, 0.25) is 0 Å². The quantitative estimate of drug-likeness (QED) is 0.667. The number of carbonyl (C=O) groups is 1. The highest BCUT2D eigenvalue weighted by Gasteiger charge is 2.30. The lowest BCUT2D eigenvalue weighted by atomic mass is 10.0. The molecule has 1 aliphatic heterocycles. The van der Waals surface area contributed by atoms with E-state index in [0.717, 1.165) is 11.4 Å². The zero-order valence-corrected chi connectivity index (χ0v) is 12.5. The van der Waals surface area contributed by atoms with Crippen molar-refractivity contribution in [3.8, 4) is 0 Å². The summed E-state index contributed by atoms with van der Waals surface area (Å²) in [5.41, 5.74) is 7.23. The van der Waals surface area contributed by atoms with Gasteiger partial charge in [-0.25, -0.2) is 10.9 Å². The molecule has 0 spiro atoms. The second-order valence-electron chi connectivity index (χ2n) is 5.60. The van der Waals surface area contributed by atoms with Gasteiger partial charge in [0.15, 0.2) is 0 Å². The first kappa shape index (κ1) is 14.6. The number of hydrogen-bond acceptors (Lipinski definition) is 6. The fourth-order valence-corrected chi connectivity index (χ4v) is 2.33. The molecular formula is C14H19N7O. The molecule has 0 aromatic carbocycles. The highest BCUT2D eigenvalue weighted by atomic mass is 16.2. The first-order chi connectivity index (χ1) is 10.6. The van der Waals surface area contributed by atoms with Crippen LogP contribution in [0.4, 0.5) is 5.95 Å². The number of aromatic amines is 1. The number of aromatic nitrogens is 4. The van der Waals surface area contributed by atoms with Gasteiger partial charge in [-0.2, -0.15) is 4.98 Å². The number of carbonyl (C=O) groups excluding carboxylic acids is 1. The zero-order valence-electron chi connectivity index (χ0n) is 12.5. The number of anilines is 1. The third-order valence-electron chi connectivity index (χ3n) is 3.61. The summed E-state index contributed by atoms with van der Waals surface area (Å²) in [5.74, 6) is 1.14. The lowest BCUT2D eigenvalue weighted by molar-refractivity contribution is -0.117. The number of H-pyrrole nitrogens is 1. The predicted molar refractivity (Wildman–Crippen MR) is 80.8 cm³/mol. The SMILES string of the molecule is CC(C)c1nc(NC(=O)C2CC(c3ccncc3)NN2)n[nH]1. The molecule has 2 unspecified atom stereocenters. The molecule has 2 aromatic rings. The van der Waals surface area contributed by atoms with Crippen molar-refractivity contribution >= 4 is 11.9 Å². The summed E-state index contributed by atoms with van der Waals surface area (Å²) >= 11 is 0. The molecule has 8 heteroatoms. The van der Waals surface area contributed by atoms with Crippen LogP contribution in [0.1, 0.15) is 43.6 Å². The Labute approximate surface area is 128 Å². The molecular weight excluding hydrogens is 282 g/mol. The maximum Gasteiger partial charge on any atom is 0.248 e. The normalized spacial score (nSPS) is 21.2. The second kappa shape index (κ2) is 6.20. The van der Waals surface area contributed by atoms with Crippen LogP contribution in [0.25, 0.3) is 0 Å². The molecule has 2 aromatic heterocycles. The number of nitrogens with zero attached hydrogens (tertiary/aromatic N) is 3. The molecule has 22 heavy (non-hydrogen) atoms. The van der Waals surface area contributed by atoms with Crippen molar-refractivity contribution in [2.24, 2.45) is 0 Å². The Morgan fingerprint density at radius 1 is 1.32 bits per heavy atom. The van der Waals surface area contributed by atoms with Gasteiger partial charge < -0.3 is 0 Å². The second-order valence-corrected chi connectivity index (χ2v) is 5.60. The first-order valence-corrected chi connectivity index (χ1v) is 7.27. The Hall–Kier alpha value is -2.32. The van der Waals surface area contributed by atoms with E-state index in [4.69, 9.17) is 0 Å². The summed E-state index contributed by atoms with van der Waals surface area (Å²) < 4.78 is 0. The van der Waals surface area contributed by atoms with Gasteiger partial charge in [0.2, 0.25) is 11.9 Å². The number of rotatable bonds is 4. The summed E-state index contributed by atoms with van der Waals surface area (Å²) in [5, 5.41) is 9.54. The summed E-state index contributed by atoms with van der Waals surface area (Å²) in [6, 6.07) is 3.62. The number of hydrogen-bond donors (Lipinski definition) is 4. The lowest BCUT2D eigenvalue weighted by Crippen LogP contribution is -2.39. The standard InChI is InChI=1S/C14H19N7O/c1-8(2)12-16-14(21-20-12)17-13(22)11-7-10(18-19-11)9-3-5-15-6-4-9/h3-6,8,10-11,18-19H,7H2,1-2H3,(H2,16,17,20,21,22). The summed E-state index contributed by atoms with van der Waals surface area (Å²) in [6.07, 6.45) is 4.13. The smallest absolute Gasteiger partial charge is 0.248 e. The molecule has 4 N–H and O–H groups in total. The minimum absolute atomic E-state index is 0.0807. The van der Waals surface area contributed by atoms with E-state index in [1.807, 2.05) is 26.0 Å². The molecule has 1 saturated heterocycles. The summed E-state index contributed by atoms with van der Waals surface area (Å²) in [7, 11) is 0. The van der Waals surface area contributed by atoms with Gasteiger partial charge in [0.05, 0.1) is 0 Å². The summed E-state index contributed by atoms with van der Waals surface area (Å²) in [6.45, 7) is 4.02. The van der Waals surface area contributed by atoms with Crippen LogP contribution in [0, 0.1) is 0 Å². The fraction of sp³-hybridized carbons (Fsp3) is 0.429. The van der Waals surface area contributed by atoms with E-state index in [-0.39, 0.29) is 23.9 Å². The number of amides is 1. The van der Waals surface area contributed by atoms with Gasteiger partial charge in [0.25, 0.3) is 0 Å². The average Bonchev–Trinajstić information content (AvgIpc) is 3.17. The van der Waals surface area contributed by atoms with E-state index >= 15 is 0 Å². The Kier molecular flexibility index (Phi) is 4.12. The van der Waals surface area contributed by atoms with Crippen molar-refractivity contribution in [1.82, 2.24) is 31.0 Å². The fourth-order valence-electron chi connectivity index (χ4n) is 2.33. The predicted octanol–water partition coefficient (Wildman–Crippen LogP) is 0.869. The van der Waals surface area contributed by atoms with Crippen LogP contribution in [0.3, 0.4) is 0 Å². The van der Waals surface area contributed by atoms with Crippen molar-refractivity contribution in [3.05, 3.63) is 35.9 Å². The third-order valence-corrected chi connectivity index (χ3v) is 3.61. The van der Waals surface area contributed by atoms with E-state index in [0.29, 0.717) is 12.4 Å². The molecule has 1 amide bonds. The molecule has 116 valence electrons. The molecule has 0 radical (unpaired) electrons. The third kappa shape index (κ3) is 3.12. The van der Waals surface area contributed by atoms with E-state index in [1.165, 1.54) is 0 Å². The van der Waals surface area contributed by atoms with Gasteiger partial charge in [0, 0.05) is 24.4 Å². The maximum absolute atomic E-state index is 12.3. The highest BCUT2D eigenvalue weighted by molar-refractivity contribution is 5.93. The monoisotopic (exact) mass is 301 g/mol. The van der Waals surface area contributed by atoms with Crippen molar-refractivity contribution in [1.29, 1.82) is 0 Å². The van der Waals surface area contributed by atoms with Crippen molar-refractivity contribution in [3.63, 3.8) is 0 Å². The van der Waals surface area contributed by atoms with Crippen LogP contribution < -0.4 is 16.2 Å². The van der Waals surface area contributed by atoms with Gasteiger partial charge >= 0.3 is 0 Å². The van der Waals surface area contributed by atoms with Crippen LogP contribution in [0.15, 0.2) is 24.5 Å². The molecule has 8 nitrogen and oxygen atoms in total. The van der Waals surface area contributed by atoms with E-state index in [2.05, 4.69) is 36.3 Å². The van der Waals surface area contributed by atoms with E-state index in [1.54, 1.807) is 12.4 Å². The number of hydrazine groups is 1. The van der Waals surface area contributed by atoms with Crippen LogP contribution >= 0.6 is 0 Å². The molecule has 0 aliphatic carbocycles. The average molecular weight is 301 g/mol. The van der Waals surface area contributed by atoms with Crippen LogP contribution in [-0.2, 0) is 4.79 Å². The van der Waals surface area contributed by atoms with Gasteiger partial charge in [-0.3, -0.25) is 20.2 Å². The Morgan fingerprint density at radius 2 is 2.09 bits per heavy atom. The van der Waals surface area contributed by atoms with Crippen LogP contribution in [-0.4, -0.2) is 32.1 Å². The Morgan fingerprint density at radius 3 is 2.77 bits per heavy atom. The van der Waals surface area contributed by atoms with Crippen LogP contribution in [0.5, 0.6) is 0 Å². The minimum Gasteiger partial charge on any atom is -0.292 e. The zero-order chi connectivity index (χ0) is 15.5. The first-order valence-electron chi connectivity index (χ1n) is 7.27. The van der Waals surface area contributed by atoms with E-state index < -0.39 is 0 Å². The van der Waals surface area contributed by atoms with Gasteiger partial charge in [-0.05, 0) is 24.1 Å². The van der Waals surface area contributed by atoms with Gasteiger partial charge in [0.1, 0.15) is 11.9 Å². The van der Waals surface area contributed by atoms with Gasteiger partial charge in [-0.1, -0.05) is 13.8 Å². The minimum atomic E-state index is -0.334. The number of pyridine rings is 1. The van der Waals surface area contributed by atoms with E-state index in [9.17, 15) is 4.79 Å². The highest BCUT2D eigenvalue weighted by Crippen LogP contribution is 2.22. The molecule has 0 bridgehead atoms.